The van der Waals surface area contributed by atoms with Crippen molar-refractivity contribution in [1.82, 2.24) is 19.9 Å². The Morgan fingerprint density at radius 1 is 1.06 bits per heavy atom. The van der Waals surface area contributed by atoms with E-state index in [-0.39, 0.29) is 17.4 Å². The smallest absolute Gasteiger partial charge is 0.348 e. The molecule has 0 fully saturated rings. The van der Waals surface area contributed by atoms with Crippen LogP contribution in [0.25, 0.3) is 10.9 Å². The van der Waals surface area contributed by atoms with Crippen molar-refractivity contribution in [3.05, 3.63) is 95.2 Å². The molecule has 0 radical (unpaired) electrons. The number of para-hydroxylation sites is 1. The van der Waals surface area contributed by atoms with Crippen LogP contribution in [0.15, 0.2) is 67.1 Å². The molecule has 0 saturated heterocycles. The Balaban J connectivity index is 1.55. The highest BCUT2D eigenvalue weighted by molar-refractivity contribution is 6.00. The van der Waals surface area contributed by atoms with Crippen LogP contribution in [0.1, 0.15) is 32.9 Å². The fourth-order valence-corrected chi connectivity index (χ4v) is 3.50. The molecule has 5 nitrogen and oxygen atoms in total. The number of carbonyl (C=O) groups is 1. The number of nitrogens with zero attached hydrogens (tertiary/aromatic N) is 3. The van der Waals surface area contributed by atoms with Crippen LogP contribution >= 0.6 is 0 Å². The van der Waals surface area contributed by atoms with Crippen molar-refractivity contribution in [2.24, 2.45) is 0 Å². The minimum atomic E-state index is -4.68. The second-order valence-corrected chi connectivity index (χ2v) is 7.17. The van der Waals surface area contributed by atoms with E-state index in [1.165, 1.54) is 18.2 Å². The largest absolute Gasteiger partial charge is 0.417 e. The third kappa shape index (κ3) is 4.42. The van der Waals surface area contributed by atoms with Gasteiger partial charge in [-0.05, 0) is 24.1 Å². The molecule has 0 aliphatic heterocycles. The van der Waals surface area contributed by atoms with E-state index in [0.717, 1.165) is 23.1 Å². The number of carbonyl (C=O) groups excluding carboxylic acids is 1. The number of aryl methyl sites for hydroxylation is 1. The second-order valence-electron chi connectivity index (χ2n) is 7.17. The number of imidazole rings is 1. The standard InChI is InChI=1S/C23H19F3N4O/c1-15-27-9-10-30(15)14-17-6-4-5-16(11-17)12-29-22(31)19-13-28-20-8-3-2-7-18(20)21(19)23(24,25)26/h2-11,13H,12,14H2,1H3,(H,29,31). The summed E-state index contributed by atoms with van der Waals surface area (Å²) < 4.78 is 43.2. The zero-order chi connectivity index (χ0) is 22.0. The first kappa shape index (κ1) is 20.6. The van der Waals surface area contributed by atoms with Gasteiger partial charge in [0.15, 0.2) is 0 Å². The van der Waals surface area contributed by atoms with E-state index in [1.54, 1.807) is 12.3 Å². The molecule has 0 atom stereocenters. The summed E-state index contributed by atoms with van der Waals surface area (Å²) in [4.78, 5) is 20.9. The van der Waals surface area contributed by atoms with Crippen LogP contribution in [0.3, 0.4) is 0 Å². The summed E-state index contributed by atoms with van der Waals surface area (Å²) in [5, 5.41) is 2.49. The van der Waals surface area contributed by atoms with Gasteiger partial charge in [0.25, 0.3) is 5.91 Å². The summed E-state index contributed by atoms with van der Waals surface area (Å²) in [5.74, 6) is 0.0589. The Kier molecular flexibility index (Phi) is 5.46. The molecule has 1 N–H and O–H groups in total. The van der Waals surface area contributed by atoms with E-state index < -0.39 is 23.2 Å². The van der Waals surface area contributed by atoms with E-state index in [2.05, 4.69) is 15.3 Å². The van der Waals surface area contributed by atoms with Crippen LogP contribution in [-0.4, -0.2) is 20.4 Å². The number of amides is 1. The fourth-order valence-electron chi connectivity index (χ4n) is 3.50. The van der Waals surface area contributed by atoms with Crippen LogP contribution in [0.4, 0.5) is 13.2 Å². The highest BCUT2D eigenvalue weighted by Crippen LogP contribution is 2.36. The molecule has 4 rings (SSSR count). The van der Waals surface area contributed by atoms with Gasteiger partial charge in [0.2, 0.25) is 0 Å². The van der Waals surface area contributed by atoms with E-state index in [0.29, 0.717) is 6.54 Å². The molecule has 158 valence electrons. The number of halogens is 3. The van der Waals surface area contributed by atoms with Gasteiger partial charge in [0.05, 0.1) is 16.6 Å². The first-order valence-electron chi connectivity index (χ1n) is 9.61. The van der Waals surface area contributed by atoms with Crippen LogP contribution in [-0.2, 0) is 19.3 Å². The highest BCUT2D eigenvalue weighted by atomic mass is 19.4. The topological polar surface area (TPSA) is 59.8 Å². The molecule has 2 heterocycles. The minimum absolute atomic E-state index is 0.0969. The molecule has 4 aromatic rings. The van der Waals surface area contributed by atoms with E-state index in [4.69, 9.17) is 0 Å². The normalized spacial score (nSPS) is 11.6. The number of hydrogen-bond acceptors (Lipinski definition) is 3. The molecule has 0 aliphatic carbocycles. The number of pyridine rings is 1. The Morgan fingerprint density at radius 3 is 2.58 bits per heavy atom. The zero-order valence-electron chi connectivity index (χ0n) is 16.6. The van der Waals surface area contributed by atoms with Gasteiger partial charge in [-0.25, -0.2) is 4.98 Å². The average Bonchev–Trinajstić information content (AvgIpc) is 3.15. The molecule has 2 aromatic carbocycles. The average molecular weight is 424 g/mol. The number of hydrogen-bond donors (Lipinski definition) is 1. The molecule has 31 heavy (non-hydrogen) atoms. The van der Waals surface area contributed by atoms with Gasteiger partial charge in [-0.2, -0.15) is 13.2 Å². The van der Waals surface area contributed by atoms with Crippen molar-refractivity contribution >= 4 is 16.8 Å². The summed E-state index contributed by atoms with van der Waals surface area (Å²) in [6.45, 7) is 2.61. The van der Waals surface area contributed by atoms with Gasteiger partial charge in [-0.15, -0.1) is 0 Å². The maximum atomic E-state index is 13.8. The van der Waals surface area contributed by atoms with Crippen LogP contribution in [0.5, 0.6) is 0 Å². The predicted molar refractivity (Wildman–Crippen MR) is 110 cm³/mol. The molecular formula is C23H19F3N4O. The zero-order valence-corrected chi connectivity index (χ0v) is 16.6. The van der Waals surface area contributed by atoms with Crippen molar-refractivity contribution in [2.75, 3.05) is 0 Å². The number of alkyl halides is 3. The maximum Gasteiger partial charge on any atom is 0.417 e. The van der Waals surface area contributed by atoms with Gasteiger partial charge >= 0.3 is 6.18 Å². The number of aromatic nitrogens is 3. The summed E-state index contributed by atoms with van der Waals surface area (Å²) in [6.07, 6.45) is -0.110. The van der Waals surface area contributed by atoms with Gasteiger partial charge in [-0.3, -0.25) is 9.78 Å². The van der Waals surface area contributed by atoms with Gasteiger partial charge in [0, 0.05) is 37.1 Å². The predicted octanol–water partition coefficient (Wildman–Crippen LogP) is 4.74. The molecule has 0 spiro atoms. The molecule has 0 saturated carbocycles. The third-order valence-electron chi connectivity index (χ3n) is 5.02. The SMILES string of the molecule is Cc1nccn1Cc1cccc(CNC(=O)c2cnc3ccccc3c2C(F)(F)F)c1. The molecule has 0 aliphatic rings. The summed E-state index contributed by atoms with van der Waals surface area (Å²) in [7, 11) is 0. The lowest BCUT2D eigenvalue weighted by molar-refractivity contribution is -0.136. The lowest BCUT2D eigenvalue weighted by Gasteiger charge is -2.15. The van der Waals surface area contributed by atoms with E-state index >= 15 is 0 Å². The van der Waals surface area contributed by atoms with Gasteiger partial charge in [-0.1, -0.05) is 42.5 Å². The molecule has 2 aromatic heterocycles. The second kappa shape index (κ2) is 8.22. The van der Waals surface area contributed by atoms with E-state index in [1.807, 2.05) is 42.0 Å². The fraction of sp³-hybridized carbons (Fsp3) is 0.174. The lowest BCUT2D eigenvalue weighted by Crippen LogP contribution is -2.26. The highest BCUT2D eigenvalue weighted by Gasteiger charge is 2.37. The van der Waals surface area contributed by atoms with Crippen molar-refractivity contribution in [3.8, 4) is 0 Å². The van der Waals surface area contributed by atoms with Crippen LogP contribution in [0, 0.1) is 6.92 Å². The minimum Gasteiger partial charge on any atom is -0.348 e. The van der Waals surface area contributed by atoms with Crippen molar-refractivity contribution < 1.29 is 18.0 Å². The van der Waals surface area contributed by atoms with Crippen LogP contribution < -0.4 is 5.32 Å². The van der Waals surface area contributed by atoms with Gasteiger partial charge in [0.1, 0.15) is 5.82 Å². The molecule has 8 heteroatoms. The summed E-state index contributed by atoms with van der Waals surface area (Å²) in [5.41, 5.74) is 0.507. The monoisotopic (exact) mass is 424 g/mol. The summed E-state index contributed by atoms with van der Waals surface area (Å²) in [6, 6.07) is 13.4. The maximum absolute atomic E-state index is 13.8. The van der Waals surface area contributed by atoms with Crippen LogP contribution in [0.2, 0.25) is 0 Å². The molecule has 1 amide bonds. The Bertz CT molecular complexity index is 1250. The molecule has 0 unspecified atom stereocenters. The number of benzene rings is 2. The Morgan fingerprint density at radius 2 is 1.84 bits per heavy atom. The first-order valence-corrected chi connectivity index (χ1v) is 9.61. The number of fused-ring (bicyclic) bond motifs is 1. The quantitative estimate of drug-likeness (QED) is 0.504. The molecule has 0 bridgehead atoms. The van der Waals surface area contributed by atoms with Gasteiger partial charge < -0.3 is 9.88 Å². The van der Waals surface area contributed by atoms with E-state index in [9.17, 15) is 18.0 Å². The Hall–Kier alpha value is -3.68. The number of rotatable bonds is 5. The van der Waals surface area contributed by atoms with Crippen molar-refractivity contribution in [3.63, 3.8) is 0 Å². The Labute approximate surface area is 176 Å². The van der Waals surface area contributed by atoms with Crippen molar-refractivity contribution in [1.29, 1.82) is 0 Å². The third-order valence-corrected chi connectivity index (χ3v) is 5.02. The number of nitrogens with one attached hydrogen (secondary N) is 1. The summed E-state index contributed by atoms with van der Waals surface area (Å²) >= 11 is 0. The first-order chi connectivity index (χ1) is 14.8. The molecular weight excluding hydrogens is 405 g/mol. The lowest BCUT2D eigenvalue weighted by atomic mass is 10.0. The van der Waals surface area contributed by atoms with Crippen molar-refractivity contribution in [2.45, 2.75) is 26.2 Å².